The summed E-state index contributed by atoms with van der Waals surface area (Å²) >= 11 is 4.65. The average Bonchev–Trinajstić information content (AvgIpc) is 2.36. The van der Waals surface area contributed by atoms with Crippen molar-refractivity contribution in [3.8, 4) is 0 Å². The molecule has 0 fully saturated rings. The minimum Gasteiger partial charge on any atom is -0.376 e. The quantitative estimate of drug-likeness (QED) is 0.617. The predicted molar refractivity (Wildman–Crippen MR) is 49.5 cm³/mol. The molecule has 66 valence electrons. The fourth-order valence-electron chi connectivity index (χ4n) is 0.832. The fourth-order valence-corrected chi connectivity index (χ4v) is 0.934. The molecule has 0 unspecified atom stereocenters. The molecule has 5 nitrogen and oxygen atoms in total. The van der Waals surface area contributed by atoms with Gasteiger partial charge in [-0.3, -0.25) is 0 Å². The van der Waals surface area contributed by atoms with Crippen molar-refractivity contribution in [3.05, 3.63) is 12.2 Å². The summed E-state index contributed by atoms with van der Waals surface area (Å²) < 4.78 is 1.92. The Morgan fingerprint density at radius 2 is 2.58 bits per heavy atom. The summed E-state index contributed by atoms with van der Waals surface area (Å²) in [6.07, 6.45) is 1.68. The summed E-state index contributed by atoms with van der Waals surface area (Å²) in [6, 6.07) is 0. The highest BCUT2D eigenvalue weighted by Crippen LogP contribution is 1.89. The van der Waals surface area contributed by atoms with Crippen LogP contribution in [0.4, 0.5) is 0 Å². The van der Waals surface area contributed by atoms with Gasteiger partial charge in [0.2, 0.25) is 0 Å². The van der Waals surface area contributed by atoms with Crippen LogP contribution in [0, 0.1) is 6.92 Å². The van der Waals surface area contributed by atoms with Gasteiger partial charge in [-0.1, -0.05) is 0 Å². The topological polar surface area (TPSA) is 68.8 Å². The van der Waals surface area contributed by atoms with E-state index in [1.807, 2.05) is 11.5 Å². The third-order valence-corrected chi connectivity index (χ3v) is 1.61. The monoisotopic (exact) mass is 185 g/mol. The highest BCUT2D eigenvalue weighted by Gasteiger charge is 1.96. The van der Waals surface area contributed by atoms with Gasteiger partial charge in [0.15, 0.2) is 5.11 Å². The van der Waals surface area contributed by atoms with Crippen molar-refractivity contribution in [1.82, 2.24) is 20.1 Å². The number of hydrogen-bond donors (Lipinski definition) is 2. The maximum atomic E-state index is 5.25. The maximum Gasteiger partial charge on any atom is 0.163 e. The lowest BCUT2D eigenvalue weighted by molar-refractivity contribution is 0.655. The van der Waals surface area contributed by atoms with Gasteiger partial charge in [-0.15, -0.1) is 10.2 Å². The van der Waals surface area contributed by atoms with Crippen molar-refractivity contribution in [2.45, 2.75) is 13.5 Å². The molecular formula is C6H11N5S. The van der Waals surface area contributed by atoms with Gasteiger partial charge in [0.05, 0.1) is 0 Å². The van der Waals surface area contributed by atoms with Crippen molar-refractivity contribution in [1.29, 1.82) is 0 Å². The summed E-state index contributed by atoms with van der Waals surface area (Å²) in [5, 5.41) is 10.7. The zero-order valence-corrected chi connectivity index (χ0v) is 7.64. The van der Waals surface area contributed by atoms with Crippen LogP contribution in [0.1, 0.15) is 5.82 Å². The molecule has 0 amide bonds. The molecule has 0 aliphatic heterocycles. The summed E-state index contributed by atoms with van der Waals surface area (Å²) in [7, 11) is 0. The first-order valence-electron chi connectivity index (χ1n) is 3.58. The van der Waals surface area contributed by atoms with E-state index in [0.717, 1.165) is 12.4 Å². The van der Waals surface area contributed by atoms with E-state index < -0.39 is 0 Å². The molecule has 1 rings (SSSR count). The van der Waals surface area contributed by atoms with Gasteiger partial charge in [0.25, 0.3) is 0 Å². The smallest absolute Gasteiger partial charge is 0.163 e. The normalized spacial score (nSPS) is 9.75. The van der Waals surface area contributed by atoms with Gasteiger partial charge in [-0.05, 0) is 19.1 Å². The Bertz CT molecular complexity index is 269. The number of aromatic nitrogens is 3. The Morgan fingerprint density at radius 3 is 3.08 bits per heavy atom. The van der Waals surface area contributed by atoms with Crippen LogP contribution in [0.5, 0.6) is 0 Å². The molecule has 0 aliphatic rings. The van der Waals surface area contributed by atoms with Crippen LogP contribution >= 0.6 is 12.2 Å². The van der Waals surface area contributed by atoms with E-state index in [4.69, 9.17) is 5.73 Å². The highest BCUT2D eigenvalue weighted by atomic mass is 32.1. The molecule has 6 heteroatoms. The first-order valence-corrected chi connectivity index (χ1v) is 3.98. The summed E-state index contributed by atoms with van der Waals surface area (Å²) in [6.45, 7) is 3.37. The fraction of sp³-hybridized carbons (Fsp3) is 0.500. The molecule has 0 atom stereocenters. The van der Waals surface area contributed by atoms with Crippen molar-refractivity contribution in [2.24, 2.45) is 5.73 Å². The molecule has 12 heavy (non-hydrogen) atoms. The van der Waals surface area contributed by atoms with Crippen LogP contribution < -0.4 is 11.1 Å². The van der Waals surface area contributed by atoms with Gasteiger partial charge < -0.3 is 15.6 Å². The number of hydrogen-bond acceptors (Lipinski definition) is 3. The second-order valence-electron chi connectivity index (χ2n) is 2.36. The zero-order chi connectivity index (χ0) is 8.97. The van der Waals surface area contributed by atoms with E-state index in [0.29, 0.717) is 11.7 Å². The van der Waals surface area contributed by atoms with Crippen LogP contribution in [0.25, 0.3) is 0 Å². The van der Waals surface area contributed by atoms with Gasteiger partial charge >= 0.3 is 0 Å². The number of nitrogens with one attached hydrogen (secondary N) is 1. The molecule has 1 heterocycles. The number of rotatable bonds is 3. The van der Waals surface area contributed by atoms with Gasteiger partial charge in [-0.25, -0.2) is 0 Å². The van der Waals surface area contributed by atoms with Crippen LogP contribution in [-0.2, 0) is 6.54 Å². The lowest BCUT2D eigenvalue weighted by Gasteiger charge is -2.04. The Balaban J connectivity index is 2.33. The van der Waals surface area contributed by atoms with E-state index in [-0.39, 0.29) is 0 Å². The molecule has 3 N–H and O–H groups in total. The van der Waals surface area contributed by atoms with E-state index in [1.165, 1.54) is 0 Å². The molecule has 1 aromatic heterocycles. The second-order valence-corrected chi connectivity index (χ2v) is 2.80. The predicted octanol–water partition coefficient (Wildman–Crippen LogP) is -0.580. The standard InChI is InChI=1S/C6H11N5S/c1-5-10-9-4-11(5)3-2-8-6(7)12/h4H,2-3H2,1H3,(H3,7,8,12). The molecule has 0 aliphatic carbocycles. The Hall–Kier alpha value is -1.17. The molecule has 0 bridgehead atoms. The van der Waals surface area contributed by atoms with Gasteiger partial charge in [0, 0.05) is 13.1 Å². The SMILES string of the molecule is Cc1nncn1CCNC(N)=S. The Morgan fingerprint density at radius 1 is 1.83 bits per heavy atom. The van der Waals surface area contributed by atoms with Crippen LogP contribution in [-0.4, -0.2) is 26.4 Å². The van der Waals surface area contributed by atoms with Gasteiger partial charge in [-0.2, -0.15) is 0 Å². The minimum atomic E-state index is 0.320. The van der Waals surface area contributed by atoms with Crippen LogP contribution in [0.15, 0.2) is 6.33 Å². The third kappa shape index (κ3) is 2.46. The van der Waals surface area contributed by atoms with Crippen LogP contribution in [0.2, 0.25) is 0 Å². The summed E-state index contributed by atoms with van der Waals surface area (Å²) in [5.41, 5.74) is 5.25. The highest BCUT2D eigenvalue weighted by molar-refractivity contribution is 7.80. The Labute approximate surface area is 76.0 Å². The van der Waals surface area contributed by atoms with Crippen molar-refractivity contribution < 1.29 is 0 Å². The van der Waals surface area contributed by atoms with Crippen LogP contribution in [0.3, 0.4) is 0 Å². The van der Waals surface area contributed by atoms with Crippen molar-refractivity contribution in [2.75, 3.05) is 6.54 Å². The van der Waals surface area contributed by atoms with E-state index in [9.17, 15) is 0 Å². The molecule has 0 aromatic carbocycles. The van der Waals surface area contributed by atoms with E-state index in [2.05, 4.69) is 27.7 Å². The zero-order valence-electron chi connectivity index (χ0n) is 6.82. The van der Waals surface area contributed by atoms with Crippen molar-refractivity contribution in [3.63, 3.8) is 0 Å². The number of aryl methyl sites for hydroxylation is 1. The lowest BCUT2D eigenvalue weighted by Crippen LogP contribution is -2.31. The molecule has 1 aromatic rings. The molecular weight excluding hydrogens is 174 g/mol. The average molecular weight is 185 g/mol. The number of nitrogens with zero attached hydrogens (tertiary/aromatic N) is 3. The molecule has 0 radical (unpaired) electrons. The number of thiocarbonyl (C=S) groups is 1. The summed E-state index contributed by atoms with van der Waals surface area (Å²) in [4.78, 5) is 0. The Kier molecular flexibility index (Phi) is 2.98. The molecule has 0 saturated heterocycles. The first-order chi connectivity index (χ1) is 5.70. The van der Waals surface area contributed by atoms with Crippen molar-refractivity contribution >= 4 is 17.3 Å². The second kappa shape index (κ2) is 4.01. The number of nitrogens with two attached hydrogens (primary N) is 1. The molecule has 0 spiro atoms. The first kappa shape index (κ1) is 8.92. The largest absolute Gasteiger partial charge is 0.376 e. The van der Waals surface area contributed by atoms with E-state index in [1.54, 1.807) is 6.33 Å². The van der Waals surface area contributed by atoms with Gasteiger partial charge in [0.1, 0.15) is 12.2 Å². The maximum absolute atomic E-state index is 5.25. The van der Waals surface area contributed by atoms with E-state index >= 15 is 0 Å². The lowest BCUT2D eigenvalue weighted by atomic mass is 10.5. The minimum absolute atomic E-state index is 0.320. The molecule has 0 saturated carbocycles. The third-order valence-electron chi connectivity index (χ3n) is 1.46. The summed E-state index contributed by atoms with van der Waals surface area (Å²) in [5.74, 6) is 0.889.